The highest BCUT2D eigenvalue weighted by molar-refractivity contribution is 5.98. The lowest BCUT2D eigenvalue weighted by Gasteiger charge is -2.05. The fourth-order valence-electron chi connectivity index (χ4n) is 1.45. The Labute approximate surface area is 105 Å². The van der Waals surface area contributed by atoms with E-state index in [4.69, 9.17) is 5.26 Å². The minimum Gasteiger partial charge on any atom is -0.507 e. The minimum absolute atomic E-state index is 0.0362. The third kappa shape index (κ3) is 2.98. The van der Waals surface area contributed by atoms with Crippen LogP contribution in [-0.4, -0.2) is 18.2 Å². The van der Waals surface area contributed by atoms with Crippen LogP contribution in [0.15, 0.2) is 36.4 Å². The van der Waals surface area contributed by atoms with Crippen LogP contribution >= 0.6 is 0 Å². The largest absolute Gasteiger partial charge is 0.507 e. The second-order valence-electron chi connectivity index (χ2n) is 3.51. The summed E-state index contributed by atoms with van der Waals surface area (Å²) in [7, 11) is 1.20. The molecule has 0 aliphatic carbocycles. The van der Waals surface area contributed by atoms with Crippen molar-refractivity contribution in [3.63, 3.8) is 0 Å². The molecule has 0 unspecified atom stereocenters. The molecule has 0 atom stereocenters. The summed E-state index contributed by atoms with van der Waals surface area (Å²) in [5.41, 5.74) is 0.917. The van der Waals surface area contributed by atoms with E-state index in [1.165, 1.54) is 13.2 Å². The highest BCUT2D eigenvalue weighted by Gasteiger charge is 2.11. The highest BCUT2D eigenvalue weighted by Crippen LogP contribution is 2.25. The van der Waals surface area contributed by atoms with Gasteiger partial charge < -0.3 is 9.84 Å². The average Bonchev–Trinajstić information content (AvgIpc) is 2.39. The quantitative estimate of drug-likeness (QED) is 0.381. The van der Waals surface area contributed by atoms with Gasteiger partial charge in [0.25, 0.3) is 0 Å². The highest BCUT2D eigenvalue weighted by atomic mass is 16.5. The maximum absolute atomic E-state index is 11.3. The number of nitriles is 1. The molecule has 0 aliphatic rings. The molecule has 92 valence electrons. The second-order valence-corrected chi connectivity index (χ2v) is 3.51. The standard InChI is InChI=1S/C14H13NO3/c1-3-5-10-6-4-7-11(13(10)16)8-12(9-15)14(17)18-2/h3-4,6-8,16H,1,5H2,2H3/b12-8+. The fourth-order valence-corrected chi connectivity index (χ4v) is 1.45. The van der Waals surface area contributed by atoms with Crippen LogP contribution in [0.3, 0.4) is 0 Å². The van der Waals surface area contributed by atoms with Gasteiger partial charge in [-0.15, -0.1) is 6.58 Å². The number of hydrogen-bond donors (Lipinski definition) is 1. The smallest absolute Gasteiger partial charge is 0.348 e. The van der Waals surface area contributed by atoms with Crippen molar-refractivity contribution in [2.75, 3.05) is 7.11 Å². The number of carbonyl (C=O) groups is 1. The Morgan fingerprint density at radius 1 is 1.61 bits per heavy atom. The van der Waals surface area contributed by atoms with Crippen LogP contribution in [0.2, 0.25) is 0 Å². The molecule has 0 aromatic heterocycles. The van der Waals surface area contributed by atoms with Gasteiger partial charge in [0.2, 0.25) is 0 Å². The molecular weight excluding hydrogens is 230 g/mol. The maximum Gasteiger partial charge on any atom is 0.348 e. The average molecular weight is 243 g/mol. The summed E-state index contributed by atoms with van der Waals surface area (Å²) in [4.78, 5) is 11.3. The molecule has 4 nitrogen and oxygen atoms in total. The topological polar surface area (TPSA) is 70.3 Å². The summed E-state index contributed by atoms with van der Waals surface area (Å²) in [5, 5.41) is 18.8. The Morgan fingerprint density at radius 2 is 2.33 bits per heavy atom. The van der Waals surface area contributed by atoms with Crippen molar-refractivity contribution in [3.05, 3.63) is 47.6 Å². The van der Waals surface area contributed by atoms with E-state index in [0.717, 1.165) is 0 Å². The van der Waals surface area contributed by atoms with Gasteiger partial charge in [-0.2, -0.15) is 5.26 Å². The van der Waals surface area contributed by atoms with E-state index in [-0.39, 0.29) is 11.3 Å². The number of esters is 1. The van der Waals surface area contributed by atoms with Gasteiger partial charge in [0.15, 0.2) is 0 Å². The molecular formula is C14H13NO3. The first-order chi connectivity index (χ1) is 8.63. The first-order valence-corrected chi connectivity index (χ1v) is 5.26. The molecule has 1 aromatic rings. The molecule has 1 aromatic carbocycles. The van der Waals surface area contributed by atoms with E-state index >= 15 is 0 Å². The van der Waals surface area contributed by atoms with Gasteiger partial charge in [-0.25, -0.2) is 4.79 Å². The van der Waals surface area contributed by atoms with Crippen LogP contribution in [-0.2, 0) is 16.0 Å². The van der Waals surface area contributed by atoms with Gasteiger partial charge in [-0.05, 0) is 18.1 Å². The van der Waals surface area contributed by atoms with Gasteiger partial charge in [0.05, 0.1) is 7.11 Å². The van der Waals surface area contributed by atoms with Crippen molar-refractivity contribution in [2.45, 2.75) is 6.42 Å². The van der Waals surface area contributed by atoms with Gasteiger partial charge in [-0.3, -0.25) is 0 Å². The first kappa shape index (κ1) is 13.5. The van der Waals surface area contributed by atoms with E-state index in [1.54, 1.807) is 30.3 Å². The zero-order valence-electron chi connectivity index (χ0n) is 10.0. The Bertz CT molecular complexity index is 538. The van der Waals surface area contributed by atoms with Gasteiger partial charge in [0, 0.05) is 5.56 Å². The van der Waals surface area contributed by atoms with Crippen molar-refractivity contribution in [1.82, 2.24) is 0 Å². The lowest BCUT2D eigenvalue weighted by atomic mass is 10.0. The fraction of sp³-hybridized carbons (Fsp3) is 0.143. The predicted molar refractivity (Wildman–Crippen MR) is 67.6 cm³/mol. The molecule has 0 fully saturated rings. The van der Waals surface area contributed by atoms with Gasteiger partial charge in [0.1, 0.15) is 17.4 Å². The summed E-state index contributed by atoms with van der Waals surface area (Å²) in [6.07, 6.45) is 3.47. The molecule has 18 heavy (non-hydrogen) atoms. The maximum atomic E-state index is 11.3. The number of para-hydroxylation sites is 1. The van der Waals surface area contributed by atoms with Crippen LogP contribution in [0, 0.1) is 11.3 Å². The van der Waals surface area contributed by atoms with Crippen molar-refractivity contribution in [3.8, 4) is 11.8 Å². The Kier molecular flexibility index (Phi) is 4.70. The number of hydrogen-bond acceptors (Lipinski definition) is 4. The number of nitrogens with zero attached hydrogens (tertiary/aromatic N) is 1. The predicted octanol–water partition coefficient (Wildman–Crippen LogP) is 2.20. The summed E-state index contributed by atoms with van der Waals surface area (Å²) >= 11 is 0. The zero-order chi connectivity index (χ0) is 13.5. The van der Waals surface area contributed by atoms with Crippen molar-refractivity contribution in [1.29, 1.82) is 5.26 Å². The molecule has 1 N–H and O–H groups in total. The molecule has 4 heteroatoms. The molecule has 0 radical (unpaired) electrons. The third-order valence-electron chi connectivity index (χ3n) is 2.34. The summed E-state index contributed by atoms with van der Waals surface area (Å²) in [5.74, 6) is -0.694. The van der Waals surface area contributed by atoms with Gasteiger partial charge in [-0.1, -0.05) is 24.3 Å². The molecule has 0 spiro atoms. The number of ether oxygens (including phenoxy) is 1. The number of carbonyl (C=O) groups excluding carboxylic acids is 1. The lowest BCUT2D eigenvalue weighted by Crippen LogP contribution is -2.02. The SMILES string of the molecule is C=CCc1cccc(/C=C(\C#N)C(=O)OC)c1O. The second kappa shape index (κ2) is 6.26. The van der Waals surface area contributed by atoms with E-state index < -0.39 is 5.97 Å². The third-order valence-corrected chi connectivity index (χ3v) is 2.34. The molecule has 1 rings (SSSR count). The van der Waals surface area contributed by atoms with E-state index in [2.05, 4.69) is 11.3 Å². The van der Waals surface area contributed by atoms with Crippen LogP contribution in [0.5, 0.6) is 5.75 Å². The summed E-state index contributed by atoms with van der Waals surface area (Å²) in [6, 6.07) is 6.83. The van der Waals surface area contributed by atoms with Crippen molar-refractivity contribution < 1.29 is 14.6 Å². The van der Waals surface area contributed by atoms with Crippen LogP contribution in [0.1, 0.15) is 11.1 Å². The van der Waals surface area contributed by atoms with Crippen LogP contribution < -0.4 is 0 Å². The molecule has 0 heterocycles. The number of rotatable bonds is 4. The van der Waals surface area contributed by atoms with Crippen LogP contribution in [0.25, 0.3) is 6.08 Å². The number of benzene rings is 1. The molecule has 0 saturated heterocycles. The monoisotopic (exact) mass is 243 g/mol. The number of aromatic hydroxyl groups is 1. The summed E-state index contributed by atoms with van der Waals surface area (Å²) in [6.45, 7) is 3.59. The minimum atomic E-state index is -0.731. The first-order valence-electron chi connectivity index (χ1n) is 5.26. The van der Waals surface area contributed by atoms with Crippen molar-refractivity contribution in [2.24, 2.45) is 0 Å². The summed E-state index contributed by atoms with van der Waals surface area (Å²) < 4.78 is 4.47. The number of phenols is 1. The number of phenolic OH excluding ortho intramolecular Hbond substituents is 1. The Morgan fingerprint density at radius 3 is 2.89 bits per heavy atom. The Hall–Kier alpha value is -2.54. The van der Waals surface area contributed by atoms with Gasteiger partial charge >= 0.3 is 5.97 Å². The van der Waals surface area contributed by atoms with E-state index in [1.807, 2.05) is 0 Å². The molecule has 0 saturated carbocycles. The number of allylic oxidation sites excluding steroid dienone is 1. The molecule has 0 aliphatic heterocycles. The van der Waals surface area contributed by atoms with Crippen LogP contribution in [0.4, 0.5) is 0 Å². The van der Waals surface area contributed by atoms with Crippen molar-refractivity contribution >= 4 is 12.0 Å². The lowest BCUT2D eigenvalue weighted by molar-refractivity contribution is -0.135. The zero-order valence-corrected chi connectivity index (χ0v) is 10.0. The normalized spacial score (nSPS) is 10.6. The molecule has 0 bridgehead atoms. The van der Waals surface area contributed by atoms with E-state index in [9.17, 15) is 9.90 Å². The number of methoxy groups -OCH3 is 1. The molecule has 0 amide bonds. The Balaban J connectivity index is 3.22. The van der Waals surface area contributed by atoms with E-state index in [0.29, 0.717) is 17.5 Å².